The number of hydrogen-bond acceptors (Lipinski definition) is 4. The van der Waals surface area contributed by atoms with Crippen molar-refractivity contribution in [1.82, 2.24) is 19.9 Å². The maximum atomic E-state index is 6.52. The summed E-state index contributed by atoms with van der Waals surface area (Å²) in [4.78, 5) is 11.5. The fourth-order valence-corrected chi connectivity index (χ4v) is 5.48. The van der Waals surface area contributed by atoms with Gasteiger partial charge in [0.05, 0.1) is 29.9 Å². The van der Waals surface area contributed by atoms with Crippen molar-refractivity contribution in [2.24, 2.45) is 0 Å². The molecular weight excluding hydrogens is 478 g/mol. The number of rotatable bonds is 5. The predicted molar refractivity (Wildman–Crippen MR) is 144 cm³/mol. The van der Waals surface area contributed by atoms with Gasteiger partial charge in [0.15, 0.2) is 5.11 Å². The molecule has 0 saturated carbocycles. The summed E-state index contributed by atoms with van der Waals surface area (Å²) in [5, 5.41) is 4.66. The van der Waals surface area contributed by atoms with Crippen LogP contribution in [0.15, 0.2) is 67.0 Å². The summed E-state index contributed by atoms with van der Waals surface area (Å²) in [6.45, 7) is 6.32. The molecule has 1 aliphatic rings. The molecule has 5 rings (SSSR count). The fourth-order valence-electron chi connectivity index (χ4n) is 4.88. The first-order valence-electron chi connectivity index (χ1n) is 11.4. The molecule has 0 aliphatic carbocycles. The van der Waals surface area contributed by atoms with Gasteiger partial charge in [0.25, 0.3) is 0 Å². The predicted octanol–water partition coefficient (Wildman–Crippen LogP) is 6.03. The topological polar surface area (TPSA) is 55.2 Å². The van der Waals surface area contributed by atoms with E-state index < -0.39 is 0 Å². The molecule has 0 spiro atoms. The number of aryl methyl sites for hydroxylation is 2. The maximum Gasteiger partial charge on any atom is 0.174 e. The van der Waals surface area contributed by atoms with Crippen LogP contribution in [0.5, 0.6) is 5.75 Å². The molecular formula is C27H26ClN5OS. The van der Waals surface area contributed by atoms with E-state index in [2.05, 4.69) is 57.7 Å². The van der Waals surface area contributed by atoms with Crippen LogP contribution in [0.3, 0.4) is 0 Å². The summed E-state index contributed by atoms with van der Waals surface area (Å²) in [7, 11) is 1.61. The second-order valence-corrected chi connectivity index (χ2v) is 9.42. The highest BCUT2D eigenvalue weighted by molar-refractivity contribution is 7.80. The molecule has 4 aromatic rings. The lowest BCUT2D eigenvalue weighted by Gasteiger charge is -2.28. The summed E-state index contributed by atoms with van der Waals surface area (Å²) in [5.74, 6) is 1.55. The van der Waals surface area contributed by atoms with Gasteiger partial charge >= 0.3 is 0 Å². The minimum Gasteiger partial charge on any atom is -0.495 e. The molecule has 1 N–H and O–H groups in total. The Hall–Kier alpha value is -3.42. The molecule has 0 amide bonds. The zero-order valence-electron chi connectivity index (χ0n) is 20.0. The van der Waals surface area contributed by atoms with Crippen molar-refractivity contribution < 1.29 is 4.74 Å². The lowest BCUT2D eigenvalue weighted by atomic mass is 9.96. The molecule has 1 aromatic carbocycles. The van der Waals surface area contributed by atoms with Crippen LogP contribution in [0.4, 0.5) is 5.69 Å². The highest BCUT2D eigenvalue weighted by Gasteiger charge is 2.42. The smallest absolute Gasteiger partial charge is 0.174 e. The van der Waals surface area contributed by atoms with Gasteiger partial charge in [0, 0.05) is 29.5 Å². The quantitative estimate of drug-likeness (QED) is 0.335. The van der Waals surface area contributed by atoms with Crippen LogP contribution in [-0.2, 0) is 0 Å². The Kier molecular flexibility index (Phi) is 6.21. The van der Waals surface area contributed by atoms with Gasteiger partial charge in [-0.15, -0.1) is 0 Å². The van der Waals surface area contributed by atoms with Gasteiger partial charge in [-0.2, -0.15) is 0 Å². The van der Waals surface area contributed by atoms with E-state index >= 15 is 0 Å². The Labute approximate surface area is 215 Å². The average molecular weight is 504 g/mol. The van der Waals surface area contributed by atoms with Crippen LogP contribution in [0.25, 0.3) is 5.82 Å². The van der Waals surface area contributed by atoms with Crippen molar-refractivity contribution in [3.8, 4) is 11.6 Å². The summed E-state index contributed by atoms with van der Waals surface area (Å²) in [6.07, 6.45) is 3.64. The molecule has 6 nitrogen and oxygen atoms in total. The van der Waals surface area contributed by atoms with Crippen LogP contribution in [0.1, 0.15) is 40.3 Å². The molecule has 35 heavy (non-hydrogen) atoms. The first-order valence-corrected chi connectivity index (χ1v) is 12.1. The number of nitrogens with one attached hydrogen (secondary N) is 1. The molecule has 4 heterocycles. The van der Waals surface area contributed by atoms with Crippen molar-refractivity contribution in [3.63, 3.8) is 0 Å². The Morgan fingerprint density at radius 3 is 2.49 bits per heavy atom. The first-order chi connectivity index (χ1) is 16.9. The molecule has 2 atom stereocenters. The van der Waals surface area contributed by atoms with Gasteiger partial charge in [-0.3, -0.25) is 4.98 Å². The number of methoxy groups -OCH3 is 1. The second-order valence-electron chi connectivity index (χ2n) is 8.62. The summed E-state index contributed by atoms with van der Waals surface area (Å²) < 4.78 is 7.58. The Morgan fingerprint density at radius 2 is 1.80 bits per heavy atom. The lowest BCUT2D eigenvalue weighted by Crippen LogP contribution is -2.29. The van der Waals surface area contributed by atoms with Gasteiger partial charge in [-0.1, -0.05) is 23.7 Å². The number of anilines is 1. The van der Waals surface area contributed by atoms with Gasteiger partial charge < -0.3 is 19.5 Å². The average Bonchev–Trinajstić information content (AvgIpc) is 3.35. The lowest BCUT2D eigenvalue weighted by molar-refractivity contribution is 0.415. The minimum absolute atomic E-state index is 0.147. The zero-order valence-corrected chi connectivity index (χ0v) is 21.6. The van der Waals surface area contributed by atoms with Crippen molar-refractivity contribution in [2.45, 2.75) is 32.9 Å². The molecule has 1 saturated heterocycles. The first kappa shape index (κ1) is 23.3. The number of ether oxygens (including phenoxy) is 1. The van der Waals surface area contributed by atoms with Crippen LogP contribution in [0.2, 0.25) is 5.02 Å². The highest BCUT2D eigenvalue weighted by Crippen LogP contribution is 2.44. The Bertz CT molecular complexity index is 1400. The van der Waals surface area contributed by atoms with Crippen LogP contribution in [-0.4, -0.2) is 26.8 Å². The van der Waals surface area contributed by atoms with Gasteiger partial charge in [0.1, 0.15) is 11.6 Å². The number of thiocarbonyl (C=S) groups is 1. The molecule has 1 fully saturated rings. The number of halogens is 1. The Balaban J connectivity index is 1.69. The molecule has 1 aliphatic heterocycles. The Morgan fingerprint density at radius 1 is 1.00 bits per heavy atom. The zero-order chi connectivity index (χ0) is 24.7. The number of pyridine rings is 2. The van der Waals surface area contributed by atoms with E-state index in [0.717, 1.165) is 39.7 Å². The van der Waals surface area contributed by atoms with E-state index in [4.69, 9.17) is 28.6 Å². The largest absolute Gasteiger partial charge is 0.495 e. The number of aromatic nitrogens is 3. The van der Waals surface area contributed by atoms with Crippen molar-refractivity contribution in [1.29, 1.82) is 0 Å². The van der Waals surface area contributed by atoms with Crippen LogP contribution in [0, 0.1) is 20.8 Å². The number of benzene rings is 1. The number of nitrogens with zero attached hydrogens (tertiary/aromatic N) is 4. The van der Waals surface area contributed by atoms with Gasteiger partial charge in [-0.05, 0) is 86.6 Å². The summed E-state index contributed by atoms with van der Waals surface area (Å²) in [6, 6.07) is 17.6. The molecule has 8 heteroatoms. The summed E-state index contributed by atoms with van der Waals surface area (Å²) >= 11 is 12.4. The van der Waals surface area contributed by atoms with Gasteiger partial charge in [-0.25, -0.2) is 4.98 Å². The van der Waals surface area contributed by atoms with Crippen LogP contribution < -0.4 is 15.0 Å². The van der Waals surface area contributed by atoms with E-state index in [1.54, 1.807) is 7.11 Å². The van der Waals surface area contributed by atoms with E-state index in [1.165, 1.54) is 0 Å². The SMILES string of the molecule is COc1ccc(N2C(=S)NC(c3ccccn3)C2c2cc(C)n(-c3ncccc3C)c2C)cc1Cl. The summed E-state index contributed by atoms with van der Waals surface area (Å²) in [5.41, 5.74) is 6.26. The molecule has 3 aromatic heterocycles. The third kappa shape index (κ3) is 4.05. The highest BCUT2D eigenvalue weighted by atomic mass is 35.5. The molecule has 178 valence electrons. The third-order valence-electron chi connectivity index (χ3n) is 6.49. The van der Waals surface area contributed by atoms with E-state index in [1.807, 2.05) is 54.9 Å². The van der Waals surface area contributed by atoms with Gasteiger partial charge in [0.2, 0.25) is 0 Å². The molecule has 0 bridgehead atoms. The van der Waals surface area contributed by atoms with Crippen molar-refractivity contribution >= 4 is 34.6 Å². The number of hydrogen-bond donors (Lipinski definition) is 1. The van der Waals surface area contributed by atoms with E-state index in [9.17, 15) is 0 Å². The normalized spacial score (nSPS) is 17.5. The molecule has 0 radical (unpaired) electrons. The molecule has 2 unspecified atom stereocenters. The van der Waals surface area contributed by atoms with Crippen molar-refractivity contribution in [3.05, 3.63) is 100 Å². The van der Waals surface area contributed by atoms with Crippen molar-refractivity contribution in [2.75, 3.05) is 12.0 Å². The van der Waals surface area contributed by atoms with E-state index in [0.29, 0.717) is 15.9 Å². The maximum absolute atomic E-state index is 6.52. The fraction of sp³-hybridized carbons (Fsp3) is 0.222. The minimum atomic E-state index is -0.150. The standard InChI is InChI=1S/C27H26ClN5OS/c1-16-8-7-13-30-26(16)32-17(2)14-20(18(32)3)25-24(22-9-5-6-12-29-22)31-27(35)33(25)19-10-11-23(34-4)21(28)15-19/h5-15,24-25H,1-4H3,(H,31,35). The third-order valence-corrected chi connectivity index (χ3v) is 7.10. The monoisotopic (exact) mass is 503 g/mol. The van der Waals surface area contributed by atoms with E-state index in [-0.39, 0.29) is 12.1 Å². The second kappa shape index (κ2) is 9.32. The van der Waals surface area contributed by atoms with Crippen LogP contribution >= 0.6 is 23.8 Å².